The molecule has 6 heteroatoms. The Labute approximate surface area is 173 Å². The number of ether oxygens (including phenoxy) is 1. The van der Waals surface area contributed by atoms with E-state index in [9.17, 15) is 9.59 Å². The maximum Gasteiger partial charge on any atom is 0.262 e. The quantitative estimate of drug-likeness (QED) is 0.495. The Bertz CT molecular complexity index is 1160. The van der Waals surface area contributed by atoms with Crippen molar-refractivity contribution in [2.45, 2.75) is 38.0 Å². The van der Waals surface area contributed by atoms with Crippen LogP contribution in [0.5, 0.6) is 5.75 Å². The van der Waals surface area contributed by atoms with Crippen LogP contribution in [-0.4, -0.2) is 28.5 Å². The number of pyridine rings is 1. The molecule has 1 atom stereocenters. The number of benzene rings is 2. The molecule has 1 amide bonds. The van der Waals surface area contributed by atoms with Crippen LogP contribution in [0.25, 0.3) is 10.9 Å². The Morgan fingerprint density at radius 2 is 1.93 bits per heavy atom. The molecule has 1 N–H and O–H groups in total. The standard InChI is InChI=1S/C23H22N2O3S/c1-12-7-14(3)22-17(8-12)13(2)9-21(25-22)29-15(4)23(27)16-5-6-19-18(10-16)24-20(26)11-28-19/h5-10,15H,11H2,1-4H3,(H,24,26). The Hall–Kier alpha value is -2.86. The summed E-state index contributed by atoms with van der Waals surface area (Å²) in [6.45, 7) is 8.10. The monoisotopic (exact) mass is 406 g/mol. The predicted octanol–water partition coefficient (Wildman–Crippen LogP) is 4.85. The number of ketones is 1. The van der Waals surface area contributed by atoms with Gasteiger partial charge in [0.1, 0.15) is 5.75 Å². The average molecular weight is 407 g/mol. The van der Waals surface area contributed by atoms with E-state index in [0.717, 1.165) is 27.1 Å². The van der Waals surface area contributed by atoms with Gasteiger partial charge in [0, 0.05) is 10.9 Å². The van der Waals surface area contributed by atoms with Crippen molar-refractivity contribution < 1.29 is 14.3 Å². The van der Waals surface area contributed by atoms with Gasteiger partial charge >= 0.3 is 0 Å². The van der Waals surface area contributed by atoms with E-state index < -0.39 is 0 Å². The van der Waals surface area contributed by atoms with E-state index in [4.69, 9.17) is 9.72 Å². The fourth-order valence-electron chi connectivity index (χ4n) is 3.58. The number of rotatable bonds is 4. The third-order valence-corrected chi connectivity index (χ3v) is 6.01. The molecule has 148 valence electrons. The van der Waals surface area contributed by atoms with Crippen LogP contribution < -0.4 is 10.1 Å². The number of carbonyl (C=O) groups is 2. The van der Waals surface area contributed by atoms with Gasteiger partial charge in [0.25, 0.3) is 5.91 Å². The molecule has 0 bridgehead atoms. The van der Waals surface area contributed by atoms with Gasteiger partial charge in [0.2, 0.25) is 0 Å². The Morgan fingerprint density at radius 1 is 1.14 bits per heavy atom. The highest BCUT2D eigenvalue weighted by Crippen LogP contribution is 2.32. The zero-order valence-corrected chi connectivity index (χ0v) is 17.6. The van der Waals surface area contributed by atoms with Crippen LogP contribution in [0.15, 0.2) is 41.4 Å². The molecular weight excluding hydrogens is 384 g/mol. The van der Waals surface area contributed by atoms with Gasteiger partial charge in [-0.05, 0) is 69.2 Å². The summed E-state index contributed by atoms with van der Waals surface area (Å²) in [5.74, 6) is 0.350. The maximum atomic E-state index is 13.0. The number of anilines is 1. The first-order valence-electron chi connectivity index (χ1n) is 9.48. The molecule has 0 spiro atoms. The first-order chi connectivity index (χ1) is 13.8. The van der Waals surface area contributed by atoms with Gasteiger partial charge < -0.3 is 10.1 Å². The number of aryl methyl sites for hydroxylation is 3. The summed E-state index contributed by atoms with van der Waals surface area (Å²) in [7, 11) is 0. The van der Waals surface area contributed by atoms with Crippen molar-refractivity contribution in [3.05, 3.63) is 58.7 Å². The number of thioether (sulfide) groups is 1. The fraction of sp³-hybridized carbons (Fsp3) is 0.261. The summed E-state index contributed by atoms with van der Waals surface area (Å²) < 4.78 is 5.36. The van der Waals surface area contributed by atoms with Crippen molar-refractivity contribution >= 4 is 40.0 Å². The number of carbonyl (C=O) groups excluding carboxylic acids is 2. The molecule has 1 aliphatic heterocycles. The average Bonchev–Trinajstić information content (AvgIpc) is 2.67. The lowest BCUT2D eigenvalue weighted by molar-refractivity contribution is -0.118. The van der Waals surface area contributed by atoms with Crippen molar-refractivity contribution in [1.82, 2.24) is 4.98 Å². The summed E-state index contributed by atoms with van der Waals surface area (Å²) in [6.07, 6.45) is 0. The molecule has 2 aromatic carbocycles. The minimum Gasteiger partial charge on any atom is -0.482 e. The summed E-state index contributed by atoms with van der Waals surface area (Å²) in [5, 5.41) is 4.41. The summed E-state index contributed by atoms with van der Waals surface area (Å²) in [6, 6.07) is 11.5. The van der Waals surface area contributed by atoms with Crippen LogP contribution in [0.3, 0.4) is 0 Å². The third-order valence-electron chi connectivity index (χ3n) is 5.00. The molecule has 4 rings (SSSR count). The van der Waals surface area contributed by atoms with Crippen molar-refractivity contribution in [2.24, 2.45) is 0 Å². The number of hydrogen-bond donors (Lipinski definition) is 1. The van der Waals surface area contributed by atoms with Crippen molar-refractivity contribution in [3.63, 3.8) is 0 Å². The summed E-state index contributed by atoms with van der Waals surface area (Å²) in [5.41, 5.74) is 5.56. The summed E-state index contributed by atoms with van der Waals surface area (Å²) in [4.78, 5) is 29.3. The van der Waals surface area contributed by atoms with Gasteiger partial charge in [0.05, 0.1) is 21.5 Å². The number of nitrogens with one attached hydrogen (secondary N) is 1. The van der Waals surface area contributed by atoms with Crippen LogP contribution in [0.4, 0.5) is 5.69 Å². The topological polar surface area (TPSA) is 68.3 Å². The van der Waals surface area contributed by atoms with Crippen LogP contribution >= 0.6 is 11.8 Å². The molecule has 0 fully saturated rings. The molecule has 2 heterocycles. The Kier molecular flexibility index (Phi) is 5.04. The van der Waals surface area contributed by atoms with E-state index in [1.165, 1.54) is 17.3 Å². The minimum atomic E-state index is -0.316. The minimum absolute atomic E-state index is 0.00151. The number of Topliss-reactive ketones (excluding diaryl/α,β-unsaturated/α-hetero) is 1. The molecular formula is C23H22N2O3S. The Balaban J connectivity index is 1.59. The SMILES string of the molecule is Cc1cc(C)c2nc(SC(C)C(=O)c3ccc4c(c3)NC(=O)CO4)cc(C)c2c1. The number of amides is 1. The van der Waals surface area contributed by atoms with Gasteiger partial charge in [-0.3, -0.25) is 9.59 Å². The van der Waals surface area contributed by atoms with Gasteiger partial charge in [-0.2, -0.15) is 0 Å². The molecule has 0 radical (unpaired) electrons. The highest BCUT2D eigenvalue weighted by molar-refractivity contribution is 8.00. The first kappa shape index (κ1) is 19.5. The Morgan fingerprint density at radius 3 is 2.72 bits per heavy atom. The smallest absolute Gasteiger partial charge is 0.262 e. The van der Waals surface area contributed by atoms with Gasteiger partial charge in [-0.25, -0.2) is 4.98 Å². The molecule has 3 aromatic rings. The number of hydrogen-bond acceptors (Lipinski definition) is 5. The fourth-order valence-corrected chi connectivity index (χ4v) is 4.57. The van der Waals surface area contributed by atoms with Crippen molar-refractivity contribution in [2.75, 3.05) is 11.9 Å². The second-order valence-electron chi connectivity index (χ2n) is 7.43. The lowest BCUT2D eigenvalue weighted by Gasteiger charge is -2.19. The molecule has 5 nitrogen and oxygen atoms in total. The van der Waals surface area contributed by atoms with E-state index in [1.54, 1.807) is 18.2 Å². The van der Waals surface area contributed by atoms with Gasteiger partial charge in [0.15, 0.2) is 12.4 Å². The normalized spacial score (nSPS) is 14.1. The highest BCUT2D eigenvalue weighted by Gasteiger charge is 2.22. The molecule has 0 saturated carbocycles. The summed E-state index contributed by atoms with van der Waals surface area (Å²) >= 11 is 1.45. The van der Waals surface area contributed by atoms with E-state index in [2.05, 4.69) is 38.2 Å². The molecule has 1 aliphatic rings. The van der Waals surface area contributed by atoms with Gasteiger partial charge in [-0.1, -0.05) is 23.4 Å². The molecule has 29 heavy (non-hydrogen) atoms. The molecule has 1 unspecified atom stereocenters. The zero-order chi connectivity index (χ0) is 20.7. The zero-order valence-electron chi connectivity index (χ0n) is 16.8. The number of nitrogens with zero attached hydrogens (tertiary/aromatic N) is 1. The van der Waals surface area contributed by atoms with Crippen molar-refractivity contribution in [1.29, 1.82) is 0 Å². The van der Waals surface area contributed by atoms with Crippen molar-refractivity contribution in [3.8, 4) is 5.75 Å². The van der Waals surface area contributed by atoms with Crippen LogP contribution in [0.2, 0.25) is 0 Å². The van der Waals surface area contributed by atoms with Crippen LogP contribution in [0, 0.1) is 20.8 Å². The lowest BCUT2D eigenvalue weighted by Crippen LogP contribution is -2.25. The maximum absolute atomic E-state index is 13.0. The first-order valence-corrected chi connectivity index (χ1v) is 10.4. The molecule has 1 aromatic heterocycles. The predicted molar refractivity (Wildman–Crippen MR) is 116 cm³/mol. The van der Waals surface area contributed by atoms with E-state index in [-0.39, 0.29) is 23.5 Å². The molecule has 0 aliphatic carbocycles. The number of fused-ring (bicyclic) bond motifs is 2. The third kappa shape index (κ3) is 3.85. The van der Waals surface area contributed by atoms with Crippen LogP contribution in [-0.2, 0) is 4.79 Å². The van der Waals surface area contributed by atoms with Crippen LogP contribution in [0.1, 0.15) is 34.0 Å². The second-order valence-corrected chi connectivity index (χ2v) is 8.79. The van der Waals surface area contributed by atoms with E-state index >= 15 is 0 Å². The van der Waals surface area contributed by atoms with E-state index in [0.29, 0.717) is 17.0 Å². The number of aromatic nitrogens is 1. The van der Waals surface area contributed by atoms with E-state index in [1.807, 2.05) is 13.0 Å². The largest absolute Gasteiger partial charge is 0.482 e. The van der Waals surface area contributed by atoms with Gasteiger partial charge in [-0.15, -0.1) is 0 Å². The highest BCUT2D eigenvalue weighted by atomic mass is 32.2. The lowest BCUT2D eigenvalue weighted by atomic mass is 10.0. The second kappa shape index (κ2) is 7.52. The molecule has 0 saturated heterocycles.